The number of rotatable bonds is 5. The SMILES string of the molecule is CCOC(=O)C(=N\O)/C(C)=N/NC(=O)C(=O)Nc1ccc(C)c(C)c1. The van der Waals surface area contributed by atoms with E-state index in [1.807, 2.05) is 25.3 Å². The average molecular weight is 348 g/mol. The zero-order valence-corrected chi connectivity index (χ0v) is 14.4. The van der Waals surface area contributed by atoms with Gasteiger partial charge in [-0.15, -0.1) is 0 Å². The number of anilines is 1. The maximum absolute atomic E-state index is 11.8. The van der Waals surface area contributed by atoms with E-state index in [0.29, 0.717) is 5.69 Å². The van der Waals surface area contributed by atoms with Gasteiger partial charge in [-0.2, -0.15) is 5.10 Å². The number of hydrazone groups is 1. The van der Waals surface area contributed by atoms with Crippen molar-refractivity contribution in [3.05, 3.63) is 29.3 Å². The minimum absolute atomic E-state index is 0.0792. The zero-order chi connectivity index (χ0) is 19.0. The van der Waals surface area contributed by atoms with E-state index in [1.54, 1.807) is 19.1 Å². The smallest absolute Gasteiger partial charge is 0.362 e. The van der Waals surface area contributed by atoms with Crippen LogP contribution in [0, 0.1) is 13.8 Å². The number of amides is 2. The largest absolute Gasteiger partial charge is 0.461 e. The summed E-state index contributed by atoms with van der Waals surface area (Å²) in [6.07, 6.45) is 0. The van der Waals surface area contributed by atoms with Crippen LogP contribution in [0.5, 0.6) is 0 Å². The van der Waals surface area contributed by atoms with E-state index in [2.05, 4.69) is 20.3 Å². The lowest BCUT2D eigenvalue weighted by Gasteiger charge is -2.07. The van der Waals surface area contributed by atoms with Gasteiger partial charge in [-0.3, -0.25) is 9.59 Å². The molecule has 0 radical (unpaired) electrons. The first-order valence-corrected chi connectivity index (χ1v) is 7.42. The van der Waals surface area contributed by atoms with Gasteiger partial charge in [-0.1, -0.05) is 11.2 Å². The van der Waals surface area contributed by atoms with Crippen molar-refractivity contribution < 1.29 is 24.3 Å². The molecule has 0 aromatic heterocycles. The Morgan fingerprint density at radius 3 is 2.40 bits per heavy atom. The molecule has 2 amide bonds. The highest BCUT2D eigenvalue weighted by atomic mass is 16.5. The first kappa shape index (κ1) is 19.8. The molecule has 134 valence electrons. The van der Waals surface area contributed by atoms with E-state index < -0.39 is 23.5 Å². The first-order valence-electron chi connectivity index (χ1n) is 7.42. The predicted molar refractivity (Wildman–Crippen MR) is 91.7 cm³/mol. The summed E-state index contributed by atoms with van der Waals surface area (Å²) in [6, 6.07) is 5.21. The van der Waals surface area contributed by atoms with Gasteiger partial charge in [0.15, 0.2) is 0 Å². The van der Waals surface area contributed by atoms with E-state index in [0.717, 1.165) is 11.1 Å². The Bertz CT molecular complexity index is 740. The summed E-state index contributed by atoms with van der Waals surface area (Å²) in [5.74, 6) is -2.88. The summed E-state index contributed by atoms with van der Waals surface area (Å²) in [4.78, 5) is 35.1. The number of oxime groups is 1. The van der Waals surface area contributed by atoms with Crippen LogP contribution >= 0.6 is 0 Å². The second kappa shape index (κ2) is 9.16. The normalized spacial score (nSPS) is 11.7. The third kappa shape index (κ3) is 5.72. The van der Waals surface area contributed by atoms with Gasteiger partial charge in [0, 0.05) is 5.69 Å². The standard InChI is InChI=1S/C16H20N4O5/c1-5-25-16(23)13(20-24)11(4)18-19-15(22)14(21)17-12-7-6-9(2)10(3)8-12/h6-8,24H,5H2,1-4H3,(H,17,21)(H,19,22)/b18-11+,20-13-. The van der Waals surface area contributed by atoms with Crippen LogP contribution in [0.25, 0.3) is 0 Å². The first-order chi connectivity index (χ1) is 11.8. The number of nitrogens with zero attached hydrogens (tertiary/aromatic N) is 2. The van der Waals surface area contributed by atoms with E-state index in [1.165, 1.54) is 6.92 Å². The van der Waals surface area contributed by atoms with E-state index in [4.69, 9.17) is 5.21 Å². The van der Waals surface area contributed by atoms with Gasteiger partial charge in [0.25, 0.3) is 0 Å². The number of nitrogens with one attached hydrogen (secondary N) is 2. The third-order valence-corrected chi connectivity index (χ3v) is 3.21. The fourth-order valence-electron chi connectivity index (χ4n) is 1.71. The van der Waals surface area contributed by atoms with Crippen molar-refractivity contribution in [1.29, 1.82) is 0 Å². The van der Waals surface area contributed by atoms with E-state index in [9.17, 15) is 14.4 Å². The molecule has 0 aliphatic rings. The number of carbonyl (C=O) groups excluding carboxylic acids is 3. The highest BCUT2D eigenvalue weighted by Gasteiger charge is 2.19. The maximum atomic E-state index is 11.8. The Morgan fingerprint density at radius 1 is 1.16 bits per heavy atom. The summed E-state index contributed by atoms with van der Waals surface area (Å²) >= 11 is 0. The topological polar surface area (TPSA) is 129 Å². The Morgan fingerprint density at radius 2 is 1.84 bits per heavy atom. The van der Waals surface area contributed by atoms with Gasteiger partial charge < -0.3 is 15.3 Å². The average Bonchev–Trinajstić information content (AvgIpc) is 2.56. The summed E-state index contributed by atoms with van der Waals surface area (Å²) in [5.41, 5.74) is 3.87. The summed E-state index contributed by atoms with van der Waals surface area (Å²) in [5, 5.41) is 17.6. The third-order valence-electron chi connectivity index (χ3n) is 3.21. The molecule has 3 N–H and O–H groups in total. The number of aryl methyl sites for hydroxylation is 2. The Labute approximate surface area is 144 Å². The lowest BCUT2D eigenvalue weighted by molar-refractivity contribution is -0.136. The van der Waals surface area contributed by atoms with Crippen molar-refractivity contribution in [2.75, 3.05) is 11.9 Å². The lowest BCUT2D eigenvalue weighted by Crippen LogP contribution is -2.34. The molecule has 1 rings (SSSR count). The Kier molecular flexibility index (Phi) is 7.26. The van der Waals surface area contributed by atoms with Crippen LogP contribution in [0.4, 0.5) is 5.69 Å². The lowest BCUT2D eigenvalue weighted by atomic mass is 10.1. The molecule has 0 saturated heterocycles. The highest BCUT2D eigenvalue weighted by Crippen LogP contribution is 2.13. The zero-order valence-electron chi connectivity index (χ0n) is 14.4. The maximum Gasteiger partial charge on any atom is 0.362 e. The number of ether oxygens (including phenoxy) is 1. The molecule has 0 spiro atoms. The molecule has 0 atom stereocenters. The molecule has 0 bridgehead atoms. The number of benzene rings is 1. The predicted octanol–water partition coefficient (Wildman–Crippen LogP) is 1.13. The molecule has 0 saturated carbocycles. The van der Waals surface area contributed by atoms with Gasteiger partial charge >= 0.3 is 17.8 Å². The highest BCUT2D eigenvalue weighted by molar-refractivity contribution is 6.65. The molecule has 0 fully saturated rings. The summed E-state index contributed by atoms with van der Waals surface area (Å²) in [7, 11) is 0. The molecule has 0 heterocycles. The molecule has 25 heavy (non-hydrogen) atoms. The number of esters is 1. The molecule has 1 aromatic carbocycles. The number of hydrogen-bond donors (Lipinski definition) is 3. The van der Waals surface area contributed by atoms with Crippen LogP contribution in [0.2, 0.25) is 0 Å². The number of hydrogen-bond acceptors (Lipinski definition) is 7. The van der Waals surface area contributed by atoms with Gasteiger partial charge in [-0.25, -0.2) is 10.2 Å². The Hall–Kier alpha value is -3.23. The van der Waals surface area contributed by atoms with Crippen molar-refractivity contribution in [2.24, 2.45) is 10.3 Å². The fraction of sp³-hybridized carbons (Fsp3) is 0.312. The molecular formula is C16H20N4O5. The molecule has 9 nitrogen and oxygen atoms in total. The molecule has 1 aromatic rings. The van der Waals surface area contributed by atoms with Crippen molar-refractivity contribution in [2.45, 2.75) is 27.7 Å². The molecular weight excluding hydrogens is 328 g/mol. The molecule has 9 heteroatoms. The minimum Gasteiger partial charge on any atom is -0.461 e. The fourth-order valence-corrected chi connectivity index (χ4v) is 1.71. The van der Waals surface area contributed by atoms with Crippen molar-refractivity contribution >= 4 is 34.9 Å². The quantitative estimate of drug-likeness (QED) is 0.241. The van der Waals surface area contributed by atoms with Crippen LogP contribution in [-0.4, -0.2) is 41.0 Å². The van der Waals surface area contributed by atoms with Crippen molar-refractivity contribution in [3.8, 4) is 0 Å². The van der Waals surface area contributed by atoms with Crippen molar-refractivity contribution in [3.63, 3.8) is 0 Å². The van der Waals surface area contributed by atoms with Crippen LogP contribution in [-0.2, 0) is 19.1 Å². The van der Waals surface area contributed by atoms with Crippen LogP contribution in [0.3, 0.4) is 0 Å². The second-order valence-corrected chi connectivity index (χ2v) is 5.06. The Balaban J connectivity index is 2.72. The van der Waals surface area contributed by atoms with Gasteiger partial charge in [-0.05, 0) is 51.0 Å². The molecule has 0 aliphatic heterocycles. The molecule has 0 aliphatic carbocycles. The van der Waals surface area contributed by atoms with E-state index >= 15 is 0 Å². The van der Waals surface area contributed by atoms with Crippen molar-refractivity contribution in [1.82, 2.24) is 5.43 Å². The van der Waals surface area contributed by atoms with Gasteiger partial charge in [0.2, 0.25) is 5.71 Å². The van der Waals surface area contributed by atoms with Crippen LogP contribution < -0.4 is 10.7 Å². The minimum atomic E-state index is -1.04. The summed E-state index contributed by atoms with van der Waals surface area (Å²) in [6.45, 7) is 6.78. The van der Waals surface area contributed by atoms with Crippen LogP contribution in [0.1, 0.15) is 25.0 Å². The van der Waals surface area contributed by atoms with Gasteiger partial charge in [0.05, 0.1) is 12.3 Å². The van der Waals surface area contributed by atoms with Gasteiger partial charge in [0.1, 0.15) is 0 Å². The second-order valence-electron chi connectivity index (χ2n) is 5.06. The van der Waals surface area contributed by atoms with E-state index in [-0.39, 0.29) is 12.3 Å². The summed E-state index contributed by atoms with van der Waals surface area (Å²) < 4.78 is 4.67. The molecule has 0 unspecified atom stereocenters. The van der Waals surface area contributed by atoms with Crippen LogP contribution in [0.15, 0.2) is 28.5 Å². The monoisotopic (exact) mass is 348 g/mol. The number of carbonyl (C=O) groups is 3.